The van der Waals surface area contributed by atoms with E-state index in [0.29, 0.717) is 17.3 Å². The van der Waals surface area contributed by atoms with Gasteiger partial charge in [0.25, 0.3) is 0 Å². The minimum absolute atomic E-state index is 0.123. The van der Waals surface area contributed by atoms with Gasteiger partial charge in [-0.3, -0.25) is 4.57 Å². The summed E-state index contributed by atoms with van der Waals surface area (Å²) < 4.78 is 14.3. The molecule has 0 aliphatic heterocycles. The van der Waals surface area contributed by atoms with Crippen LogP contribution in [0.25, 0.3) is 21.8 Å². The Kier molecular flexibility index (Phi) is 5.38. The van der Waals surface area contributed by atoms with Crippen LogP contribution in [-0.4, -0.2) is 49.6 Å². The van der Waals surface area contributed by atoms with Crippen LogP contribution in [0.2, 0.25) is 0 Å². The number of hydrogen-bond acceptors (Lipinski definition) is 9. The van der Waals surface area contributed by atoms with Crippen LogP contribution >= 0.6 is 11.3 Å². The number of thiazole rings is 1. The Morgan fingerprint density at radius 2 is 1.94 bits per heavy atom. The highest BCUT2D eigenvalue weighted by Gasteiger charge is 2.20. The molecule has 0 radical (unpaired) electrons. The number of fused-ring (bicyclic) bond motifs is 3. The van der Waals surface area contributed by atoms with Crippen molar-refractivity contribution in [1.82, 2.24) is 29.1 Å². The average Bonchev–Trinajstić information content (AvgIpc) is 3.55. The number of aromatic nitrogens is 6. The number of ether oxygens (including phenoxy) is 2. The van der Waals surface area contributed by atoms with Gasteiger partial charge in [0.05, 0.1) is 25.8 Å². The Labute approximate surface area is 193 Å². The average molecular weight is 464 g/mol. The second-order valence-electron chi connectivity index (χ2n) is 7.22. The Morgan fingerprint density at radius 1 is 1.09 bits per heavy atom. The van der Waals surface area contributed by atoms with Crippen molar-refractivity contribution in [2.45, 2.75) is 20.5 Å². The zero-order valence-electron chi connectivity index (χ0n) is 18.5. The first-order valence-electron chi connectivity index (χ1n) is 10.1. The number of benzene rings is 1. The molecule has 1 aromatic carbocycles. The summed E-state index contributed by atoms with van der Waals surface area (Å²) in [5.74, 6) is 1.78. The van der Waals surface area contributed by atoms with E-state index in [1.807, 2.05) is 28.1 Å². The first kappa shape index (κ1) is 20.9. The second kappa shape index (κ2) is 8.51. The molecule has 11 heteroatoms. The van der Waals surface area contributed by atoms with Crippen molar-refractivity contribution in [3.8, 4) is 16.6 Å². The number of oxime groups is 1. The summed E-state index contributed by atoms with van der Waals surface area (Å²) in [6.07, 6.45) is 5.04. The zero-order chi connectivity index (χ0) is 22.9. The van der Waals surface area contributed by atoms with Crippen LogP contribution in [0.3, 0.4) is 0 Å². The van der Waals surface area contributed by atoms with Crippen molar-refractivity contribution in [1.29, 1.82) is 0 Å². The molecule has 5 rings (SSSR count). The van der Waals surface area contributed by atoms with Crippen LogP contribution in [0.1, 0.15) is 22.6 Å². The maximum absolute atomic E-state index is 5.44. The molecule has 4 heterocycles. The third-order valence-corrected chi connectivity index (χ3v) is 6.12. The lowest BCUT2D eigenvalue weighted by atomic mass is 10.2. The molecule has 0 amide bonds. The second-order valence-corrected chi connectivity index (χ2v) is 8.10. The SMILES string of the molecule is COc1ccc(C=NOCc2nc3c4c(C)c(C)n(-c5nccs5)c4ncn3n2)cc1OC. The minimum atomic E-state index is 0.123. The molecule has 0 spiro atoms. The summed E-state index contributed by atoms with van der Waals surface area (Å²) in [6.45, 7) is 4.23. The third-order valence-electron chi connectivity index (χ3n) is 5.36. The highest BCUT2D eigenvalue weighted by atomic mass is 32.1. The van der Waals surface area contributed by atoms with Crippen LogP contribution < -0.4 is 9.47 Å². The van der Waals surface area contributed by atoms with E-state index >= 15 is 0 Å². The van der Waals surface area contributed by atoms with Gasteiger partial charge >= 0.3 is 0 Å². The van der Waals surface area contributed by atoms with E-state index in [0.717, 1.165) is 38.6 Å². The van der Waals surface area contributed by atoms with Crippen molar-refractivity contribution >= 4 is 34.2 Å². The molecule has 0 saturated carbocycles. The van der Waals surface area contributed by atoms with E-state index in [4.69, 9.17) is 14.3 Å². The number of rotatable bonds is 7. The van der Waals surface area contributed by atoms with Gasteiger partial charge in [-0.25, -0.2) is 19.5 Å². The lowest BCUT2D eigenvalue weighted by Gasteiger charge is -2.07. The van der Waals surface area contributed by atoms with E-state index in [-0.39, 0.29) is 6.61 Å². The van der Waals surface area contributed by atoms with Gasteiger partial charge in [0, 0.05) is 22.8 Å². The van der Waals surface area contributed by atoms with Gasteiger partial charge in [0.15, 0.2) is 40.4 Å². The quantitative estimate of drug-likeness (QED) is 0.268. The predicted octanol–water partition coefficient (Wildman–Crippen LogP) is 3.71. The number of hydrogen-bond donors (Lipinski definition) is 0. The summed E-state index contributed by atoms with van der Waals surface area (Å²) in [5, 5.41) is 12.3. The molecule has 0 saturated heterocycles. The van der Waals surface area contributed by atoms with Gasteiger partial charge in [-0.2, -0.15) is 0 Å². The van der Waals surface area contributed by atoms with Gasteiger partial charge in [-0.05, 0) is 37.6 Å². The first-order valence-corrected chi connectivity index (χ1v) is 11.0. The van der Waals surface area contributed by atoms with Crippen LogP contribution in [0.15, 0.2) is 41.3 Å². The largest absolute Gasteiger partial charge is 0.493 e. The van der Waals surface area contributed by atoms with Crippen molar-refractivity contribution in [2.24, 2.45) is 5.16 Å². The molecular weight excluding hydrogens is 442 g/mol. The number of aryl methyl sites for hydroxylation is 1. The Bertz CT molecular complexity index is 1470. The molecule has 0 aliphatic rings. The zero-order valence-corrected chi connectivity index (χ0v) is 19.3. The molecule has 168 valence electrons. The number of nitrogens with zero attached hydrogens (tertiary/aromatic N) is 7. The highest BCUT2D eigenvalue weighted by Crippen LogP contribution is 2.30. The van der Waals surface area contributed by atoms with E-state index in [9.17, 15) is 0 Å². The van der Waals surface area contributed by atoms with Crippen LogP contribution in [-0.2, 0) is 11.4 Å². The van der Waals surface area contributed by atoms with Gasteiger partial charge in [-0.1, -0.05) is 5.16 Å². The fraction of sp³-hybridized carbons (Fsp3) is 0.227. The molecule has 5 aromatic rings. The van der Waals surface area contributed by atoms with Crippen LogP contribution in [0.5, 0.6) is 11.5 Å². The smallest absolute Gasteiger partial charge is 0.195 e. The van der Waals surface area contributed by atoms with Gasteiger partial charge in [0.1, 0.15) is 6.33 Å². The van der Waals surface area contributed by atoms with Gasteiger partial charge < -0.3 is 14.3 Å². The molecule has 0 unspecified atom stereocenters. The van der Waals surface area contributed by atoms with E-state index < -0.39 is 0 Å². The Hall–Kier alpha value is -3.99. The minimum Gasteiger partial charge on any atom is -0.493 e. The van der Waals surface area contributed by atoms with Gasteiger partial charge in [-0.15, -0.1) is 16.4 Å². The summed E-state index contributed by atoms with van der Waals surface area (Å²) in [6, 6.07) is 5.48. The van der Waals surface area contributed by atoms with E-state index in [1.165, 1.54) is 0 Å². The predicted molar refractivity (Wildman–Crippen MR) is 125 cm³/mol. The van der Waals surface area contributed by atoms with E-state index in [2.05, 4.69) is 39.1 Å². The summed E-state index contributed by atoms with van der Waals surface area (Å²) >= 11 is 1.56. The van der Waals surface area contributed by atoms with Crippen molar-refractivity contribution in [3.63, 3.8) is 0 Å². The molecular formula is C22H21N7O3S. The first-order chi connectivity index (χ1) is 16.1. The van der Waals surface area contributed by atoms with Crippen molar-refractivity contribution < 1.29 is 14.3 Å². The molecule has 10 nitrogen and oxygen atoms in total. The lowest BCUT2D eigenvalue weighted by Crippen LogP contribution is -1.98. The maximum Gasteiger partial charge on any atom is 0.195 e. The van der Waals surface area contributed by atoms with Crippen molar-refractivity contribution in [2.75, 3.05) is 14.2 Å². The molecule has 0 bridgehead atoms. The maximum atomic E-state index is 5.44. The fourth-order valence-corrected chi connectivity index (χ4v) is 4.35. The van der Waals surface area contributed by atoms with Crippen molar-refractivity contribution in [3.05, 3.63) is 58.7 Å². The molecule has 0 fully saturated rings. The van der Waals surface area contributed by atoms with Crippen LogP contribution in [0.4, 0.5) is 0 Å². The highest BCUT2D eigenvalue weighted by molar-refractivity contribution is 7.12. The van der Waals surface area contributed by atoms with Gasteiger partial charge in [0.2, 0.25) is 0 Å². The molecule has 4 aromatic heterocycles. The Morgan fingerprint density at radius 3 is 2.70 bits per heavy atom. The third kappa shape index (κ3) is 3.65. The fourth-order valence-electron chi connectivity index (χ4n) is 3.65. The van der Waals surface area contributed by atoms with Crippen LogP contribution in [0, 0.1) is 13.8 Å². The molecule has 33 heavy (non-hydrogen) atoms. The summed E-state index contributed by atoms with van der Waals surface area (Å²) in [7, 11) is 3.18. The molecule has 0 N–H and O–H groups in total. The normalized spacial score (nSPS) is 11.6. The topological polar surface area (TPSA) is 101 Å². The lowest BCUT2D eigenvalue weighted by molar-refractivity contribution is 0.126. The summed E-state index contributed by atoms with van der Waals surface area (Å²) in [5.41, 5.74) is 4.50. The van der Waals surface area contributed by atoms with E-state index in [1.54, 1.807) is 48.8 Å². The molecule has 0 atom stereocenters. The monoisotopic (exact) mass is 463 g/mol. The number of methoxy groups -OCH3 is 2. The Balaban J connectivity index is 1.40. The summed E-state index contributed by atoms with van der Waals surface area (Å²) in [4.78, 5) is 19.2. The molecule has 0 aliphatic carbocycles. The standard InChI is InChI=1S/C22H21N7O3S/c1-13-14(2)29(22-23-7-8-33-22)20-19(13)21-26-18(27-28(21)12-24-20)11-32-25-10-15-5-6-16(30-3)17(9-15)31-4/h5-10,12H,11H2,1-4H3.